The molecule has 0 unspecified atom stereocenters. The fraction of sp³-hybridized carbons (Fsp3) is 0.0526. The molecule has 0 aliphatic rings. The Bertz CT molecular complexity index is 971. The van der Waals surface area contributed by atoms with Crippen molar-refractivity contribution in [2.45, 2.75) is 6.92 Å². The van der Waals surface area contributed by atoms with Crippen LogP contribution in [0.5, 0.6) is 0 Å². The Morgan fingerprint density at radius 2 is 1.77 bits per heavy atom. The van der Waals surface area contributed by atoms with Crippen LogP contribution in [0.4, 0.5) is 15.8 Å². The normalized spacial score (nSPS) is 10.4. The van der Waals surface area contributed by atoms with Crippen LogP contribution in [0.2, 0.25) is 5.02 Å². The molecular formula is C19H14ClFN2O3. The highest BCUT2D eigenvalue weighted by Crippen LogP contribution is 2.24. The molecule has 0 saturated heterocycles. The molecule has 7 heteroatoms. The van der Waals surface area contributed by atoms with E-state index in [-0.39, 0.29) is 10.8 Å². The molecule has 132 valence electrons. The fourth-order valence-corrected chi connectivity index (χ4v) is 2.49. The van der Waals surface area contributed by atoms with Crippen molar-refractivity contribution < 1.29 is 18.4 Å². The number of aryl methyl sites for hydroxylation is 1. The number of amides is 2. The van der Waals surface area contributed by atoms with Gasteiger partial charge in [0.2, 0.25) is 0 Å². The maximum atomic E-state index is 13.1. The standard InChI is InChI=1S/C19H14ClFN2O3/c1-11-4-5-12(9-16(11)23-19(25)17-3-2-8-26-17)18(24)22-15-7-6-13(21)10-14(15)20/h2-10H,1H3,(H,22,24)(H,23,25). The zero-order chi connectivity index (χ0) is 18.7. The van der Waals surface area contributed by atoms with Crippen molar-refractivity contribution in [2.24, 2.45) is 0 Å². The molecule has 2 N–H and O–H groups in total. The smallest absolute Gasteiger partial charge is 0.291 e. The summed E-state index contributed by atoms with van der Waals surface area (Å²) in [5, 5.41) is 5.41. The predicted molar refractivity (Wildman–Crippen MR) is 97.2 cm³/mol. The van der Waals surface area contributed by atoms with Gasteiger partial charge in [0.1, 0.15) is 5.82 Å². The first-order chi connectivity index (χ1) is 12.4. The fourth-order valence-electron chi connectivity index (χ4n) is 2.27. The zero-order valence-electron chi connectivity index (χ0n) is 13.7. The van der Waals surface area contributed by atoms with E-state index in [2.05, 4.69) is 10.6 Å². The van der Waals surface area contributed by atoms with Gasteiger partial charge in [0.25, 0.3) is 11.8 Å². The second-order valence-corrected chi connectivity index (χ2v) is 5.95. The second-order valence-electron chi connectivity index (χ2n) is 5.54. The molecule has 0 aliphatic carbocycles. The number of carbonyl (C=O) groups is 2. The minimum atomic E-state index is -0.494. The predicted octanol–water partition coefficient (Wildman–Crippen LogP) is 4.89. The van der Waals surface area contributed by atoms with Crippen LogP contribution in [-0.2, 0) is 0 Å². The molecule has 2 aromatic carbocycles. The molecule has 3 rings (SSSR count). The van der Waals surface area contributed by atoms with E-state index in [0.29, 0.717) is 16.9 Å². The van der Waals surface area contributed by atoms with Gasteiger partial charge in [0.05, 0.1) is 17.0 Å². The molecule has 0 radical (unpaired) electrons. The van der Waals surface area contributed by atoms with Gasteiger partial charge in [0.15, 0.2) is 5.76 Å². The van der Waals surface area contributed by atoms with Crippen LogP contribution < -0.4 is 10.6 Å². The van der Waals surface area contributed by atoms with E-state index >= 15 is 0 Å². The van der Waals surface area contributed by atoms with Gasteiger partial charge in [0, 0.05) is 11.3 Å². The molecule has 2 amide bonds. The van der Waals surface area contributed by atoms with Crippen LogP contribution in [0.1, 0.15) is 26.5 Å². The molecule has 5 nitrogen and oxygen atoms in total. The molecule has 0 aliphatic heterocycles. The number of anilines is 2. The van der Waals surface area contributed by atoms with E-state index in [0.717, 1.165) is 11.6 Å². The molecule has 0 saturated carbocycles. The van der Waals surface area contributed by atoms with Gasteiger partial charge in [-0.15, -0.1) is 0 Å². The first-order valence-corrected chi connectivity index (χ1v) is 8.04. The van der Waals surface area contributed by atoms with Gasteiger partial charge in [-0.25, -0.2) is 4.39 Å². The van der Waals surface area contributed by atoms with Crippen LogP contribution in [0, 0.1) is 12.7 Å². The zero-order valence-corrected chi connectivity index (χ0v) is 14.4. The molecule has 0 fully saturated rings. The Morgan fingerprint density at radius 1 is 1.00 bits per heavy atom. The molecule has 1 aromatic heterocycles. The van der Waals surface area contributed by atoms with E-state index < -0.39 is 17.6 Å². The summed E-state index contributed by atoms with van der Waals surface area (Å²) in [4.78, 5) is 24.6. The van der Waals surface area contributed by atoms with E-state index in [1.54, 1.807) is 31.2 Å². The van der Waals surface area contributed by atoms with Crippen molar-refractivity contribution in [3.05, 3.63) is 82.5 Å². The summed E-state index contributed by atoms with van der Waals surface area (Å²) < 4.78 is 18.1. The van der Waals surface area contributed by atoms with E-state index in [4.69, 9.17) is 16.0 Å². The molecule has 26 heavy (non-hydrogen) atoms. The summed E-state index contributed by atoms with van der Waals surface area (Å²) in [6, 6.07) is 11.7. The highest BCUT2D eigenvalue weighted by Gasteiger charge is 2.14. The summed E-state index contributed by atoms with van der Waals surface area (Å²) >= 11 is 5.92. The average Bonchev–Trinajstić information content (AvgIpc) is 3.14. The molecule has 0 spiro atoms. The van der Waals surface area contributed by atoms with E-state index in [1.165, 1.54) is 24.5 Å². The van der Waals surface area contributed by atoms with E-state index in [1.807, 2.05) is 0 Å². The number of carbonyl (C=O) groups excluding carboxylic acids is 2. The highest BCUT2D eigenvalue weighted by molar-refractivity contribution is 6.33. The van der Waals surface area contributed by atoms with E-state index in [9.17, 15) is 14.0 Å². The third kappa shape index (κ3) is 3.92. The van der Waals surface area contributed by atoms with Crippen molar-refractivity contribution in [3.8, 4) is 0 Å². The van der Waals surface area contributed by atoms with Gasteiger partial charge in [-0.1, -0.05) is 17.7 Å². The summed E-state index contributed by atoms with van der Waals surface area (Å²) in [6.45, 7) is 1.80. The lowest BCUT2D eigenvalue weighted by molar-refractivity contribution is 0.0993. The SMILES string of the molecule is Cc1ccc(C(=O)Nc2ccc(F)cc2Cl)cc1NC(=O)c1ccco1. The Kier molecular flexibility index (Phi) is 5.04. The first-order valence-electron chi connectivity index (χ1n) is 7.66. The van der Waals surface area contributed by atoms with Gasteiger partial charge >= 0.3 is 0 Å². The number of hydrogen-bond acceptors (Lipinski definition) is 3. The molecule has 0 bridgehead atoms. The molecule has 0 atom stereocenters. The van der Waals surface area contributed by atoms with Gasteiger partial charge in [-0.05, 0) is 55.0 Å². The van der Waals surface area contributed by atoms with Crippen molar-refractivity contribution >= 4 is 34.8 Å². The topological polar surface area (TPSA) is 71.3 Å². The van der Waals surface area contributed by atoms with Gasteiger partial charge < -0.3 is 15.1 Å². The summed E-state index contributed by atoms with van der Waals surface area (Å²) in [5.74, 6) is -1.19. The van der Waals surface area contributed by atoms with Crippen molar-refractivity contribution in [2.75, 3.05) is 10.6 Å². The first kappa shape index (κ1) is 17.7. The molecule has 1 heterocycles. The van der Waals surface area contributed by atoms with Crippen LogP contribution in [0.3, 0.4) is 0 Å². The summed E-state index contributed by atoms with van der Waals surface area (Å²) in [5.41, 5.74) is 1.86. The monoisotopic (exact) mass is 372 g/mol. The summed E-state index contributed by atoms with van der Waals surface area (Å²) in [6.07, 6.45) is 1.40. The third-order valence-corrected chi connectivity index (χ3v) is 3.98. The van der Waals surface area contributed by atoms with Crippen LogP contribution >= 0.6 is 11.6 Å². The van der Waals surface area contributed by atoms with Crippen LogP contribution in [0.25, 0.3) is 0 Å². The maximum Gasteiger partial charge on any atom is 0.291 e. The Balaban J connectivity index is 1.80. The Labute approximate surface area is 153 Å². The number of nitrogens with one attached hydrogen (secondary N) is 2. The summed E-state index contributed by atoms with van der Waals surface area (Å²) in [7, 11) is 0. The quantitative estimate of drug-likeness (QED) is 0.685. The molecule has 3 aromatic rings. The Hall–Kier alpha value is -3.12. The van der Waals surface area contributed by atoms with Crippen molar-refractivity contribution in [1.29, 1.82) is 0 Å². The maximum absolute atomic E-state index is 13.1. The third-order valence-electron chi connectivity index (χ3n) is 3.67. The average molecular weight is 373 g/mol. The second kappa shape index (κ2) is 7.41. The number of benzene rings is 2. The number of rotatable bonds is 4. The van der Waals surface area contributed by atoms with Gasteiger partial charge in [-0.2, -0.15) is 0 Å². The minimum Gasteiger partial charge on any atom is -0.459 e. The lowest BCUT2D eigenvalue weighted by Crippen LogP contribution is -2.15. The highest BCUT2D eigenvalue weighted by atomic mass is 35.5. The van der Waals surface area contributed by atoms with Crippen molar-refractivity contribution in [3.63, 3.8) is 0 Å². The number of furan rings is 1. The number of halogens is 2. The van der Waals surface area contributed by atoms with Crippen LogP contribution in [0.15, 0.2) is 59.2 Å². The lowest BCUT2D eigenvalue weighted by atomic mass is 10.1. The lowest BCUT2D eigenvalue weighted by Gasteiger charge is -2.11. The Morgan fingerprint density at radius 3 is 2.46 bits per heavy atom. The number of hydrogen-bond donors (Lipinski definition) is 2. The largest absolute Gasteiger partial charge is 0.459 e. The van der Waals surface area contributed by atoms with Crippen LogP contribution in [-0.4, -0.2) is 11.8 Å². The molecular weight excluding hydrogens is 359 g/mol. The van der Waals surface area contributed by atoms with Crippen molar-refractivity contribution in [1.82, 2.24) is 0 Å². The van der Waals surface area contributed by atoms with Gasteiger partial charge in [-0.3, -0.25) is 9.59 Å². The minimum absolute atomic E-state index is 0.0943.